The van der Waals surface area contributed by atoms with Crippen molar-refractivity contribution in [1.29, 1.82) is 0 Å². The van der Waals surface area contributed by atoms with Gasteiger partial charge in [0.2, 0.25) is 0 Å². The number of aromatic amines is 1. The Kier molecular flexibility index (Phi) is 2.92. The number of nitrogens with one attached hydrogen (secondary N) is 1. The highest BCUT2D eigenvalue weighted by Crippen LogP contribution is 2.29. The van der Waals surface area contributed by atoms with E-state index in [4.69, 9.17) is 4.74 Å². The molecule has 3 nitrogen and oxygen atoms in total. The van der Waals surface area contributed by atoms with Crippen LogP contribution < -0.4 is 4.74 Å². The van der Waals surface area contributed by atoms with Gasteiger partial charge in [0.25, 0.3) is 0 Å². The molecule has 0 unspecified atom stereocenters. The number of Topliss-reactive ketones (excluding diaryl/α,β-unsaturated/α-hetero) is 1. The first kappa shape index (κ1) is 11.7. The number of ketones is 1. The third kappa shape index (κ3) is 2.05. The number of hydrogen-bond acceptors (Lipinski definition) is 2. The third-order valence-corrected chi connectivity index (χ3v) is 3.06. The Morgan fingerprint density at radius 3 is 2.65 bits per heavy atom. The molecule has 0 aliphatic rings. The van der Waals surface area contributed by atoms with E-state index in [9.17, 15) is 4.79 Å². The second-order valence-corrected chi connectivity index (χ2v) is 4.47. The van der Waals surface area contributed by atoms with Gasteiger partial charge in [0.05, 0.1) is 7.11 Å². The molecule has 90 valence electrons. The van der Waals surface area contributed by atoms with Crippen LogP contribution in [0.5, 0.6) is 5.75 Å². The topological polar surface area (TPSA) is 42.1 Å². The zero-order valence-electron chi connectivity index (χ0n) is 10.7. The molecule has 1 N–H and O–H groups in total. The van der Waals surface area contributed by atoms with Gasteiger partial charge in [-0.2, -0.15) is 0 Å². The molecule has 2 rings (SSSR count). The van der Waals surface area contributed by atoms with Crippen molar-refractivity contribution in [3.8, 4) is 5.75 Å². The van der Waals surface area contributed by atoms with Crippen molar-refractivity contribution in [1.82, 2.24) is 4.98 Å². The lowest BCUT2D eigenvalue weighted by atomic mass is 10.0. The highest BCUT2D eigenvalue weighted by molar-refractivity contribution is 5.92. The smallest absolute Gasteiger partial charge is 0.134 e. The number of hydrogen-bond donors (Lipinski definition) is 1. The molecule has 17 heavy (non-hydrogen) atoms. The lowest BCUT2D eigenvalue weighted by Crippen LogP contribution is -1.97. The molecule has 1 heterocycles. The van der Waals surface area contributed by atoms with E-state index in [1.54, 1.807) is 14.0 Å². The van der Waals surface area contributed by atoms with Crippen molar-refractivity contribution in [3.63, 3.8) is 0 Å². The monoisotopic (exact) mass is 231 g/mol. The lowest BCUT2D eigenvalue weighted by Gasteiger charge is -2.04. The van der Waals surface area contributed by atoms with Crippen LogP contribution in [0.15, 0.2) is 12.1 Å². The van der Waals surface area contributed by atoms with Gasteiger partial charge >= 0.3 is 0 Å². The summed E-state index contributed by atoms with van der Waals surface area (Å²) in [6, 6.07) is 3.99. The summed E-state index contributed by atoms with van der Waals surface area (Å²) in [4.78, 5) is 14.6. The van der Waals surface area contributed by atoms with E-state index in [-0.39, 0.29) is 5.78 Å². The molecule has 0 radical (unpaired) electrons. The van der Waals surface area contributed by atoms with Crippen LogP contribution in [0, 0.1) is 13.8 Å². The second-order valence-electron chi connectivity index (χ2n) is 4.47. The Morgan fingerprint density at radius 1 is 1.35 bits per heavy atom. The minimum Gasteiger partial charge on any atom is -0.497 e. The Bertz CT molecular complexity index is 581. The first-order valence-corrected chi connectivity index (χ1v) is 5.68. The fraction of sp³-hybridized carbons (Fsp3) is 0.357. The van der Waals surface area contributed by atoms with Crippen molar-refractivity contribution >= 4 is 16.7 Å². The Balaban J connectivity index is 2.70. The molecule has 0 aliphatic heterocycles. The highest BCUT2D eigenvalue weighted by Gasteiger charge is 2.13. The van der Waals surface area contributed by atoms with Crippen LogP contribution >= 0.6 is 0 Å². The predicted molar refractivity (Wildman–Crippen MR) is 68.7 cm³/mol. The van der Waals surface area contributed by atoms with Crippen molar-refractivity contribution in [2.45, 2.75) is 27.2 Å². The van der Waals surface area contributed by atoms with Crippen LogP contribution in [0.3, 0.4) is 0 Å². The molecule has 0 fully saturated rings. The SMILES string of the molecule is COc1cc(C)c2[nH]c(C)c(CC(C)=O)c2c1. The summed E-state index contributed by atoms with van der Waals surface area (Å²) in [5.74, 6) is 1.01. The quantitative estimate of drug-likeness (QED) is 0.882. The van der Waals surface area contributed by atoms with Gasteiger partial charge in [-0.05, 0) is 44.0 Å². The molecule has 1 aromatic heterocycles. The average Bonchev–Trinajstić information content (AvgIpc) is 2.56. The molecule has 0 saturated heterocycles. The van der Waals surface area contributed by atoms with Crippen LogP contribution in [-0.4, -0.2) is 17.9 Å². The van der Waals surface area contributed by atoms with Crippen molar-refractivity contribution in [2.75, 3.05) is 7.11 Å². The van der Waals surface area contributed by atoms with E-state index in [0.29, 0.717) is 6.42 Å². The van der Waals surface area contributed by atoms with Crippen molar-refractivity contribution in [2.24, 2.45) is 0 Å². The number of benzene rings is 1. The predicted octanol–water partition coefficient (Wildman–Crippen LogP) is 2.92. The lowest BCUT2D eigenvalue weighted by molar-refractivity contribution is -0.116. The maximum atomic E-state index is 11.3. The van der Waals surface area contributed by atoms with E-state index in [2.05, 4.69) is 4.98 Å². The number of rotatable bonds is 3. The minimum absolute atomic E-state index is 0.175. The number of methoxy groups -OCH3 is 1. The Labute approximate surface area is 101 Å². The molecule has 2 aromatic rings. The fourth-order valence-corrected chi connectivity index (χ4v) is 2.22. The number of carbonyl (C=O) groups is 1. The summed E-state index contributed by atoms with van der Waals surface area (Å²) in [5.41, 5.74) is 4.37. The van der Waals surface area contributed by atoms with Crippen molar-refractivity contribution in [3.05, 3.63) is 29.0 Å². The number of fused-ring (bicyclic) bond motifs is 1. The van der Waals surface area contributed by atoms with Gasteiger partial charge in [-0.3, -0.25) is 4.79 Å². The largest absolute Gasteiger partial charge is 0.497 e. The fourth-order valence-electron chi connectivity index (χ4n) is 2.22. The summed E-state index contributed by atoms with van der Waals surface area (Å²) < 4.78 is 5.27. The van der Waals surface area contributed by atoms with E-state index in [1.165, 1.54) is 0 Å². The maximum absolute atomic E-state index is 11.3. The third-order valence-electron chi connectivity index (χ3n) is 3.06. The van der Waals surface area contributed by atoms with Crippen LogP contribution in [-0.2, 0) is 11.2 Å². The summed E-state index contributed by atoms with van der Waals surface area (Å²) in [7, 11) is 1.66. The first-order chi connectivity index (χ1) is 8.02. The first-order valence-electron chi connectivity index (χ1n) is 5.68. The highest BCUT2D eigenvalue weighted by atomic mass is 16.5. The van der Waals surface area contributed by atoms with Gasteiger partial charge in [-0.25, -0.2) is 0 Å². The maximum Gasteiger partial charge on any atom is 0.134 e. The molecule has 1 aromatic carbocycles. The summed E-state index contributed by atoms with van der Waals surface area (Å²) in [5, 5.41) is 1.09. The van der Waals surface area contributed by atoms with E-state index in [1.807, 2.05) is 26.0 Å². The zero-order chi connectivity index (χ0) is 12.6. The average molecular weight is 231 g/mol. The van der Waals surface area contributed by atoms with Crippen LogP contribution in [0.2, 0.25) is 0 Å². The molecule has 0 aliphatic carbocycles. The van der Waals surface area contributed by atoms with Crippen LogP contribution in [0.4, 0.5) is 0 Å². The summed E-state index contributed by atoms with van der Waals surface area (Å²) in [6.07, 6.45) is 0.471. The van der Waals surface area contributed by atoms with Crippen molar-refractivity contribution < 1.29 is 9.53 Å². The number of H-pyrrole nitrogens is 1. The second kappa shape index (κ2) is 4.24. The Hall–Kier alpha value is -1.77. The number of ether oxygens (including phenoxy) is 1. The molecule has 3 heteroatoms. The van der Waals surface area contributed by atoms with Gasteiger partial charge in [0.1, 0.15) is 11.5 Å². The number of aryl methyl sites for hydroxylation is 2. The van der Waals surface area contributed by atoms with Gasteiger partial charge in [-0.15, -0.1) is 0 Å². The minimum atomic E-state index is 0.175. The van der Waals surface area contributed by atoms with E-state index >= 15 is 0 Å². The summed E-state index contributed by atoms with van der Waals surface area (Å²) in [6.45, 7) is 5.66. The molecule has 0 amide bonds. The normalized spacial score (nSPS) is 10.8. The van der Waals surface area contributed by atoms with E-state index in [0.717, 1.165) is 33.5 Å². The van der Waals surface area contributed by atoms with Crippen LogP contribution in [0.1, 0.15) is 23.7 Å². The van der Waals surface area contributed by atoms with E-state index < -0.39 is 0 Å². The van der Waals surface area contributed by atoms with Crippen LogP contribution in [0.25, 0.3) is 10.9 Å². The summed E-state index contributed by atoms with van der Waals surface area (Å²) >= 11 is 0. The number of aromatic nitrogens is 1. The standard InChI is InChI=1S/C14H17NO2/c1-8-5-11(17-4)7-13-12(6-9(2)16)10(3)15-14(8)13/h5,7,15H,6H2,1-4H3. The molecular formula is C14H17NO2. The molecule has 0 spiro atoms. The van der Waals surface area contributed by atoms with Gasteiger partial charge in [0.15, 0.2) is 0 Å². The van der Waals surface area contributed by atoms with Gasteiger partial charge in [0, 0.05) is 23.0 Å². The Morgan fingerprint density at radius 2 is 2.06 bits per heavy atom. The molecule has 0 atom stereocenters. The molecular weight excluding hydrogens is 214 g/mol. The zero-order valence-corrected chi connectivity index (χ0v) is 10.7. The molecule has 0 bridgehead atoms. The molecule has 0 saturated carbocycles. The van der Waals surface area contributed by atoms with Gasteiger partial charge in [-0.1, -0.05) is 0 Å². The number of carbonyl (C=O) groups excluding carboxylic acids is 1. The van der Waals surface area contributed by atoms with Gasteiger partial charge < -0.3 is 9.72 Å².